The van der Waals surface area contributed by atoms with Gasteiger partial charge in [0.15, 0.2) is 5.78 Å². The first kappa shape index (κ1) is 32.4. The molecule has 1 heterocycles. The number of hydrogen-bond acceptors (Lipinski definition) is 6. The van der Waals surface area contributed by atoms with Crippen molar-refractivity contribution < 1.29 is 28.8 Å². The molecule has 11 nitrogen and oxygen atoms in total. The fourth-order valence-electron chi connectivity index (χ4n) is 7.78. The van der Waals surface area contributed by atoms with Crippen molar-refractivity contribution >= 4 is 35.3 Å². The number of Topliss-reactive ketones (excluding diaryl/α,β-unsaturated/α-hetero) is 2. The molecule has 4 N–H and O–H groups in total. The number of nitrogens with one attached hydrogen (secondary N) is 4. The number of amides is 5. The summed E-state index contributed by atoms with van der Waals surface area (Å²) in [6, 6.07) is -3.80. The maximum Gasteiger partial charge on any atom is 0.316 e. The van der Waals surface area contributed by atoms with Crippen molar-refractivity contribution in [1.82, 2.24) is 26.2 Å². The third kappa shape index (κ3) is 6.52. The first-order chi connectivity index (χ1) is 20.7. The van der Waals surface area contributed by atoms with Gasteiger partial charge in [0.2, 0.25) is 17.6 Å². The molecule has 1 saturated heterocycles. The highest BCUT2D eigenvalue weighted by atomic mass is 16.2. The molecule has 0 aromatic rings. The fourth-order valence-corrected chi connectivity index (χ4v) is 7.78. The Morgan fingerprint density at radius 2 is 1.41 bits per heavy atom. The molecule has 5 amide bonds. The van der Waals surface area contributed by atoms with E-state index in [-0.39, 0.29) is 46.7 Å². The van der Waals surface area contributed by atoms with Crippen LogP contribution in [0.4, 0.5) is 4.79 Å². The Kier molecular flexibility index (Phi) is 8.90. The Balaban J connectivity index is 1.32. The fraction of sp³-hybridized carbons (Fsp3) is 0.818. The van der Waals surface area contributed by atoms with Crippen LogP contribution in [0.3, 0.4) is 0 Å². The molecule has 4 aliphatic carbocycles. The summed E-state index contributed by atoms with van der Waals surface area (Å²) in [5.41, 5.74) is -0.846. The number of hydrogen-bond donors (Lipinski definition) is 4. The van der Waals surface area contributed by atoms with Gasteiger partial charge in [-0.25, -0.2) is 4.79 Å². The van der Waals surface area contributed by atoms with E-state index in [4.69, 9.17) is 0 Å². The summed E-state index contributed by atoms with van der Waals surface area (Å²) >= 11 is 0. The molecule has 44 heavy (non-hydrogen) atoms. The summed E-state index contributed by atoms with van der Waals surface area (Å²) in [6.07, 6.45) is 8.24. The number of likely N-dealkylation sites (N-methyl/N-ethyl adjacent to an activating group) is 1. The monoisotopic (exact) mass is 613 g/mol. The van der Waals surface area contributed by atoms with Crippen molar-refractivity contribution in [2.45, 2.75) is 117 Å². The second-order valence-corrected chi connectivity index (χ2v) is 15.6. The number of likely N-dealkylation sites (tertiary alicyclic amines) is 1. The van der Waals surface area contributed by atoms with Gasteiger partial charge in [0.1, 0.15) is 18.1 Å². The van der Waals surface area contributed by atoms with E-state index in [2.05, 4.69) is 35.1 Å². The van der Waals surface area contributed by atoms with Crippen LogP contribution in [0.5, 0.6) is 0 Å². The van der Waals surface area contributed by atoms with Crippen molar-refractivity contribution in [2.24, 2.45) is 40.4 Å². The van der Waals surface area contributed by atoms with Crippen molar-refractivity contribution in [3.63, 3.8) is 0 Å². The lowest BCUT2D eigenvalue weighted by molar-refractivity contribution is -0.145. The van der Waals surface area contributed by atoms with Crippen molar-refractivity contribution in [2.75, 3.05) is 13.6 Å². The first-order valence-corrected chi connectivity index (χ1v) is 16.6. The van der Waals surface area contributed by atoms with E-state index in [1.54, 1.807) is 4.90 Å². The van der Waals surface area contributed by atoms with Gasteiger partial charge in [-0.05, 0) is 73.0 Å². The topological polar surface area (TPSA) is 154 Å². The van der Waals surface area contributed by atoms with Crippen LogP contribution in [0.1, 0.15) is 92.4 Å². The zero-order valence-electron chi connectivity index (χ0n) is 27.2. The van der Waals surface area contributed by atoms with Crippen molar-refractivity contribution in [1.29, 1.82) is 0 Å². The predicted molar refractivity (Wildman–Crippen MR) is 163 cm³/mol. The third-order valence-electron chi connectivity index (χ3n) is 11.0. The van der Waals surface area contributed by atoms with Crippen LogP contribution in [-0.2, 0) is 24.0 Å². The molecule has 244 valence electrons. The number of rotatable bonds is 11. The van der Waals surface area contributed by atoms with E-state index in [0.717, 1.165) is 57.8 Å². The smallest absolute Gasteiger partial charge is 0.316 e. The number of carbonyl (C=O) groups is 6. The van der Waals surface area contributed by atoms with E-state index < -0.39 is 53.2 Å². The minimum Gasteiger partial charge on any atom is -0.353 e. The standard InChI is InChI=1S/C33H51N5O6/c1-32(2,3)27(37-31(44)36-22(25(39)19-14-15-19)17-10-8-7-9-11-17)30(43)38-16-20-21(33(20,4)5)24(38)28(41)35-23(18-12-13-18)26(40)29(42)34-6/h17-24,27H,7-16H2,1-6H3,(H,34,42)(H,35,41)(H2,36,37,44)/t20-,21-,22-,23?,24-,27+/m0/s1. The molecule has 1 unspecified atom stereocenters. The molecule has 4 saturated carbocycles. The molecule has 11 heteroatoms. The van der Waals surface area contributed by atoms with Crippen molar-refractivity contribution in [3.05, 3.63) is 0 Å². The molecule has 0 bridgehead atoms. The highest BCUT2D eigenvalue weighted by Crippen LogP contribution is 2.65. The Labute approximate surface area is 260 Å². The molecule has 0 radical (unpaired) electrons. The zero-order valence-corrected chi connectivity index (χ0v) is 27.2. The summed E-state index contributed by atoms with van der Waals surface area (Å²) in [7, 11) is 1.38. The zero-order chi connectivity index (χ0) is 32.1. The number of nitrogens with zero attached hydrogens (tertiary/aromatic N) is 1. The minimum absolute atomic E-state index is 0.0102. The summed E-state index contributed by atoms with van der Waals surface area (Å²) in [5, 5.41) is 11.1. The van der Waals surface area contributed by atoms with Crippen molar-refractivity contribution in [3.8, 4) is 0 Å². The maximum atomic E-state index is 14.3. The van der Waals surface area contributed by atoms with Gasteiger partial charge in [-0.3, -0.25) is 24.0 Å². The molecule has 0 spiro atoms. The number of piperidine rings is 1. The highest BCUT2D eigenvalue weighted by Gasteiger charge is 2.70. The second kappa shape index (κ2) is 12.1. The lowest BCUT2D eigenvalue weighted by Crippen LogP contribution is -2.62. The molecular weight excluding hydrogens is 562 g/mol. The molecule has 6 atom stereocenters. The molecule has 0 aromatic carbocycles. The van der Waals surface area contributed by atoms with Crippen LogP contribution in [-0.4, -0.2) is 78.0 Å². The first-order valence-electron chi connectivity index (χ1n) is 16.6. The molecule has 0 aromatic heterocycles. The Morgan fingerprint density at radius 1 is 0.795 bits per heavy atom. The summed E-state index contributed by atoms with van der Waals surface area (Å²) in [5.74, 6) is -2.10. The molecular formula is C33H51N5O6. The minimum atomic E-state index is -0.951. The maximum absolute atomic E-state index is 14.3. The average Bonchev–Trinajstić information content (AvgIpc) is 3.92. The van der Waals surface area contributed by atoms with Gasteiger partial charge in [0.05, 0.1) is 6.04 Å². The van der Waals surface area contributed by atoms with E-state index in [1.165, 1.54) is 7.05 Å². The lowest BCUT2D eigenvalue weighted by atomic mass is 9.81. The van der Waals surface area contributed by atoms with Gasteiger partial charge in [-0.1, -0.05) is 53.9 Å². The van der Waals surface area contributed by atoms with E-state index in [1.807, 2.05) is 20.8 Å². The molecule has 5 rings (SSSR count). The Bertz CT molecular complexity index is 1200. The van der Waals surface area contributed by atoms with Gasteiger partial charge >= 0.3 is 6.03 Å². The van der Waals surface area contributed by atoms with Crippen LogP contribution in [0.2, 0.25) is 0 Å². The van der Waals surface area contributed by atoms with Gasteiger partial charge in [-0.15, -0.1) is 0 Å². The lowest BCUT2D eigenvalue weighted by Gasteiger charge is -2.38. The predicted octanol–water partition coefficient (Wildman–Crippen LogP) is 2.32. The number of ketones is 2. The summed E-state index contributed by atoms with van der Waals surface area (Å²) in [4.78, 5) is 81.4. The van der Waals surface area contributed by atoms with Crippen LogP contribution >= 0.6 is 0 Å². The number of carbonyl (C=O) groups excluding carboxylic acids is 6. The van der Waals surface area contributed by atoms with Gasteiger partial charge < -0.3 is 26.2 Å². The SMILES string of the molecule is CNC(=O)C(=O)C(NC(=O)[C@@H]1[C@@H]2[C@H](CN1C(=O)[C@@H](NC(=O)N[C@H](C(=O)C1CC1)C1CCCCC1)C(C)(C)C)C2(C)C)C1CC1. The number of fused-ring (bicyclic) bond motifs is 1. The van der Waals surface area contributed by atoms with E-state index in [0.29, 0.717) is 6.54 Å². The number of urea groups is 1. The van der Waals surface area contributed by atoms with Gasteiger partial charge in [-0.2, -0.15) is 0 Å². The largest absolute Gasteiger partial charge is 0.353 e. The van der Waals surface area contributed by atoms with Crippen LogP contribution in [0, 0.1) is 40.4 Å². The molecule has 1 aliphatic heterocycles. The summed E-state index contributed by atoms with van der Waals surface area (Å²) < 4.78 is 0. The normalized spacial score (nSPS) is 28.1. The van der Waals surface area contributed by atoms with Gasteiger partial charge in [0, 0.05) is 19.5 Å². The average molecular weight is 614 g/mol. The highest BCUT2D eigenvalue weighted by molar-refractivity contribution is 6.38. The molecule has 5 aliphatic rings. The molecule has 5 fully saturated rings. The summed E-state index contributed by atoms with van der Waals surface area (Å²) in [6.45, 7) is 10.1. The van der Waals surface area contributed by atoms with Crippen LogP contribution in [0.15, 0.2) is 0 Å². The van der Waals surface area contributed by atoms with Gasteiger partial charge in [0.25, 0.3) is 5.91 Å². The van der Waals surface area contributed by atoms with E-state index >= 15 is 0 Å². The van der Waals surface area contributed by atoms with Crippen LogP contribution in [0.25, 0.3) is 0 Å². The Hall–Kier alpha value is -2.98. The quantitative estimate of drug-likeness (QED) is 0.262. The van der Waals surface area contributed by atoms with Crippen LogP contribution < -0.4 is 21.3 Å². The third-order valence-corrected chi connectivity index (χ3v) is 11.0. The van der Waals surface area contributed by atoms with E-state index in [9.17, 15) is 28.8 Å². The Morgan fingerprint density at radius 3 is 1.95 bits per heavy atom. The second-order valence-electron chi connectivity index (χ2n) is 15.6.